The van der Waals surface area contributed by atoms with Gasteiger partial charge in [-0.05, 0) is 36.8 Å². The number of aryl methyl sites for hydroxylation is 1. The summed E-state index contributed by atoms with van der Waals surface area (Å²) in [5, 5.41) is 2.86. The van der Waals surface area contributed by atoms with Crippen LogP contribution in [0.25, 0.3) is 0 Å². The minimum absolute atomic E-state index is 0.154. The van der Waals surface area contributed by atoms with Crippen LogP contribution in [0.4, 0.5) is 0 Å². The highest BCUT2D eigenvalue weighted by Crippen LogP contribution is 2.28. The maximum Gasteiger partial charge on any atom is 0.251 e. The van der Waals surface area contributed by atoms with E-state index in [1.165, 1.54) is 0 Å². The first-order chi connectivity index (χ1) is 10.2. The highest BCUT2D eigenvalue weighted by atomic mass is 16.5. The molecule has 0 fully saturated rings. The van der Waals surface area contributed by atoms with Crippen LogP contribution in [-0.4, -0.2) is 25.1 Å². The number of benzene rings is 1. The molecular weight excluding hydrogens is 268 g/mol. The smallest absolute Gasteiger partial charge is 0.251 e. The number of hydrogen-bond acceptors (Lipinski definition) is 4. The number of carbonyl (C=O) groups is 1. The molecule has 0 saturated carbocycles. The molecular formula is C16H18N2O3. The molecule has 1 aromatic carbocycles. The summed E-state index contributed by atoms with van der Waals surface area (Å²) in [6.07, 6.45) is 3.18. The molecule has 1 amide bonds. The van der Waals surface area contributed by atoms with Crippen LogP contribution in [0.1, 0.15) is 21.5 Å². The number of hydrogen-bond donors (Lipinski definition) is 1. The number of aromatic nitrogens is 1. The molecule has 2 rings (SSSR count). The predicted octanol–water partition coefficient (Wildman–Crippen LogP) is 2.34. The van der Waals surface area contributed by atoms with E-state index < -0.39 is 0 Å². The van der Waals surface area contributed by atoms with Gasteiger partial charge in [0.05, 0.1) is 14.2 Å². The molecule has 0 aliphatic rings. The van der Waals surface area contributed by atoms with Gasteiger partial charge in [0, 0.05) is 30.1 Å². The average molecular weight is 286 g/mol. The summed E-state index contributed by atoms with van der Waals surface area (Å²) >= 11 is 0. The zero-order chi connectivity index (χ0) is 15.2. The van der Waals surface area contributed by atoms with Gasteiger partial charge >= 0.3 is 0 Å². The fraction of sp³-hybridized carbons (Fsp3) is 0.250. The molecule has 1 N–H and O–H groups in total. The first-order valence-corrected chi connectivity index (χ1v) is 6.55. The van der Waals surface area contributed by atoms with E-state index in [2.05, 4.69) is 10.3 Å². The van der Waals surface area contributed by atoms with E-state index in [1.807, 2.05) is 19.1 Å². The van der Waals surface area contributed by atoms with Gasteiger partial charge in [0.15, 0.2) is 0 Å². The van der Waals surface area contributed by atoms with Crippen molar-refractivity contribution >= 4 is 5.91 Å². The van der Waals surface area contributed by atoms with Crippen molar-refractivity contribution in [3.63, 3.8) is 0 Å². The highest BCUT2D eigenvalue weighted by Gasteiger charge is 2.10. The second-order valence-electron chi connectivity index (χ2n) is 4.55. The van der Waals surface area contributed by atoms with E-state index in [4.69, 9.17) is 9.47 Å². The third-order valence-electron chi connectivity index (χ3n) is 3.18. The minimum atomic E-state index is -0.154. The minimum Gasteiger partial charge on any atom is -0.496 e. The van der Waals surface area contributed by atoms with Crippen LogP contribution in [-0.2, 0) is 6.54 Å². The quantitative estimate of drug-likeness (QED) is 0.916. The maximum absolute atomic E-state index is 12.0. The lowest BCUT2D eigenvalue weighted by molar-refractivity contribution is 0.0950. The van der Waals surface area contributed by atoms with Crippen molar-refractivity contribution in [1.82, 2.24) is 10.3 Å². The zero-order valence-corrected chi connectivity index (χ0v) is 12.3. The molecule has 5 heteroatoms. The van der Waals surface area contributed by atoms with Crippen molar-refractivity contribution in [2.75, 3.05) is 14.2 Å². The van der Waals surface area contributed by atoms with E-state index in [0.29, 0.717) is 12.1 Å². The van der Waals surface area contributed by atoms with Gasteiger partial charge in [-0.25, -0.2) is 0 Å². The third-order valence-corrected chi connectivity index (χ3v) is 3.18. The Labute approximate surface area is 123 Å². The predicted molar refractivity (Wildman–Crippen MR) is 79.7 cm³/mol. The number of nitrogens with one attached hydrogen (secondary N) is 1. The number of pyridine rings is 1. The Morgan fingerprint density at radius 3 is 2.43 bits per heavy atom. The lowest BCUT2D eigenvalue weighted by Crippen LogP contribution is -2.23. The maximum atomic E-state index is 12.0. The second-order valence-corrected chi connectivity index (χ2v) is 4.55. The topological polar surface area (TPSA) is 60.5 Å². The molecule has 1 heterocycles. The molecule has 0 aliphatic heterocycles. The molecule has 0 saturated heterocycles. The highest BCUT2D eigenvalue weighted by molar-refractivity contribution is 5.93. The van der Waals surface area contributed by atoms with E-state index in [0.717, 1.165) is 22.6 Å². The molecule has 0 spiro atoms. The lowest BCUT2D eigenvalue weighted by Gasteiger charge is -2.13. The average Bonchev–Trinajstić information content (AvgIpc) is 2.53. The van der Waals surface area contributed by atoms with Crippen LogP contribution >= 0.6 is 0 Å². The largest absolute Gasteiger partial charge is 0.496 e. The normalized spacial score (nSPS) is 10.0. The van der Waals surface area contributed by atoms with E-state index in [9.17, 15) is 4.79 Å². The third kappa shape index (κ3) is 3.51. The molecule has 1 aromatic heterocycles. The molecule has 5 nitrogen and oxygen atoms in total. The Kier molecular flexibility index (Phi) is 4.77. The molecule has 21 heavy (non-hydrogen) atoms. The van der Waals surface area contributed by atoms with E-state index >= 15 is 0 Å². The van der Waals surface area contributed by atoms with Crippen molar-refractivity contribution in [2.24, 2.45) is 0 Å². The van der Waals surface area contributed by atoms with Gasteiger partial charge < -0.3 is 14.8 Å². The molecule has 0 atom stereocenters. The van der Waals surface area contributed by atoms with Crippen molar-refractivity contribution in [3.05, 3.63) is 53.3 Å². The molecule has 0 unspecified atom stereocenters. The second kappa shape index (κ2) is 6.74. The molecule has 0 aliphatic carbocycles. The Balaban J connectivity index is 2.14. The number of ether oxygens (including phenoxy) is 2. The lowest BCUT2D eigenvalue weighted by atomic mass is 10.1. The summed E-state index contributed by atoms with van der Waals surface area (Å²) in [5.41, 5.74) is 2.42. The molecule has 0 radical (unpaired) electrons. The van der Waals surface area contributed by atoms with Crippen LogP contribution in [0.2, 0.25) is 0 Å². The summed E-state index contributed by atoms with van der Waals surface area (Å²) < 4.78 is 10.6. The number of carbonyl (C=O) groups excluding carboxylic acids is 1. The Hall–Kier alpha value is -2.56. The number of methoxy groups -OCH3 is 2. The first-order valence-electron chi connectivity index (χ1n) is 6.55. The number of rotatable bonds is 5. The van der Waals surface area contributed by atoms with Crippen LogP contribution in [0, 0.1) is 6.92 Å². The fourth-order valence-electron chi connectivity index (χ4n) is 2.03. The van der Waals surface area contributed by atoms with Gasteiger partial charge in [-0.1, -0.05) is 0 Å². The van der Waals surface area contributed by atoms with Crippen LogP contribution in [0.5, 0.6) is 11.5 Å². The Morgan fingerprint density at radius 1 is 1.14 bits per heavy atom. The summed E-state index contributed by atoms with van der Waals surface area (Å²) in [7, 11) is 3.23. The standard InChI is InChI=1S/C16H18N2O3/c1-11-8-15(21-3)13(9-14(11)20-2)10-18-16(19)12-4-6-17-7-5-12/h4-9H,10H2,1-3H3,(H,18,19). The zero-order valence-electron chi connectivity index (χ0n) is 12.3. The molecule has 2 aromatic rings. The van der Waals surface area contributed by atoms with Gasteiger partial charge in [0.2, 0.25) is 0 Å². The fourth-order valence-corrected chi connectivity index (χ4v) is 2.03. The molecule has 110 valence electrons. The number of amides is 1. The summed E-state index contributed by atoms with van der Waals surface area (Å²) in [5.74, 6) is 1.34. The van der Waals surface area contributed by atoms with Gasteiger partial charge in [-0.2, -0.15) is 0 Å². The van der Waals surface area contributed by atoms with Gasteiger partial charge in [0.1, 0.15) is 11.5 Å². The Morgan fingerprint density at radius 2 is 1.81 bits per heavy atom. The van der Waals surface area contributed by atoms with Crippen LogP contribution in [0.15, 0.2) is 36.7 Å². The van der Waals surface area contributed by atoms with E-state index in [-0.39, 0.29) is 5.91 Å². The van der Waals surface area contributed by atoms with Crippen molar-refractivity contribution in [3.8, 4) is 11.5 Å². The van der Waals surface area contributed by atoms with Crippen LogP contribution in [0.3, 0.4) is 0 Å². The summed E-state index contributed by atoms with van der Waals surface area (Å²) in [4.78, 5) is 15.9. The SMILES string of the molecule is COc1cc(CNC(=O)c2ccncc2)c(OC)cc1C. The monoisotopic (exact) mass is 286 g/mol. The van der Waals surface area contributed by atoms with Crippen molar-refractivity contribution in [2.45, 2.75) is 13.5 Å². The number of nitrogens with zero attached hydrogens (tertiary/aromatic N) is 1. The van der Waals surface area contributed by atoms with Gasteiger partial charge in [-0.15, -0.1) is 0 Å². The van der Waals surface area contributed by atoms with E-state index in [1.54, 1.807) is 38.7 Å². The summed E-state index contributed by atoms with van der Waals surface area (Å²) in [6.45, 7) is 2.31. The van der Waals surface area contributed by atoms with Crippen molar-refractivity contribution < 1.29 is 14.3 Å². The summed E-state index contributed by atoms with van der Waals surface area (Å²) in [6, 6.07) is 7.11. The van der Waals surface area contributed by atoms with Crippen LogP contribution < -0.4 is 14.8 Å². The van der Waals surface area contributed by atoms with Crippen molar-refractivity contribution in [1.29, 1.82) is 0 Å². The molecule has 0 bridgehead atoms. The first kappa shape index (κ1) is 14.8. The van der Waals surface area contributed by atoms with Gasteiger partial charge in [-0.3, -0.25) is 9.78 Å². The van der Waals surface area contributed by atoms with Gasteiger partial charge in [0.25, 0.3) is 5.91 Å². The Bertz CT molecular complexity index is 627.